The van der Waals surface area contributed by atoms with Crippen LogP contribution in [0.5, 0.6) is 0 Å². The highest BCUT2D eigenvalue weighted by Gasteiger charge is 2.40. The lowest BCUT2D eigenvalue weighted by molar-refractivity contribution is 0.0957. The van der Waals surface area contributed by atoms with Crippen molar-refractivity contribution in [2.75, 3.05) is 13.1 Å². The fourth-order valence-corrected chi connectivity index (χ4v) is 3.65. The summed E-state index contributed by atoms with van der Waals surface area (Å²) in [5.41, 5.74) is 4.85. The average molecular weight is 251 g/mol. The molecule has 18 heavy (non-hydrogen) atoms. The van der Waals surface area contributed by atoms with E-state index in [1.807, 2.05) is 0 Å². The van der Waals surface area contributed by atoms with E-state index in [4.69, 9.17) is 5.84 Å². The maximum Gasteiger partial charge on any atom is 0.0601 e. The van der Waals surface area contributed by atoms with Crippen LogP contribution in [0, 0.1) is 0 Å². The summed E-state index contributed by atoms with van der Waals surface area (Å²) >= 11 is 0. The van der Waals surface area contributed by atoms with Crippen LogP contribution in [0.4, 0.5) is 0 Å². The van der Waals surface area contributed by atoms with E-state index < -0.39 is 0 Å². The van der Waals surface area contributed by atoms with Gasteiger partial charge in [-0.3, -0.25) is 16.2 Å². The fraction of sp³-hybridized carbons (Fsp3) is 0.867. The van der Waals surface area contributed by atoms with Crippen LogP contribution in [0.1, 0.15) is 58.8 Å². The first-order valence-corrected chi connectivity index (χ1v) is 7.62. The number of allylic oxidation sites excluding steroid dienone is 1. The summed E-state index contributed by atoms with van der Waals surface area (Å²) in [5.74, 6) is 5.92. The van der Waals surface area contributed by atoms with Gasteiger partial charge >= 0.3 is 0 Å². The van der Waals surface area contributed by atoms with E-state index in [1.165, 1.54) is 51.6 Å². The molecule has 0 aromatic heterocycles. The number of hydrogen-bond acceptors (Lipinski definition) is 3. The van der Waals surface area contributed by atoms with Gasteiger partial charge in [-0.15, -0.1) is 0 Å². The minimum atomic E-state index is 0.175. The largest absolute Gasteiger partial charge is 0.296 e. The van der Waals surface area contributed by atoms with Crippen LogP contribution < -0.4 is 11.3 Å². The third kappa shape index (κ3) is 2.63. The molecule has 0 bridgehead atoms. The van der Waals surface area contributed by atoms with Gasteiger partial charge in [0, 0.05) is 5.54 Å². The average Bonchev–Trinajstić information content (AvgIpc) is 2.95. The Kier molecular flexibility index (Phi) is 4.82. The molecule has 2 unspecified atom stereocenters. The zero-order chi connectivity index (χ0) is 13.0. The second-order valence-corrected chi connectivity index (χ2v) is 6.03. The smallest absolute Gasteiger partial charge is 0.0601 e. The summed E-state index contributed by atoms with van der Waals surface area (Å²) in [4.78, 5) is 2.65. The Morgan fingerprint density at radius 3 is 2.56 bits per heavy atom. The van der Waals surface area contributed by atoms with Crippen molar-refractivity contribution in [1.82, 2.24) is 10.3 Å². The Balaban J connectivity index is 2.18. The third-order valence-corrected chi connectivity index (χ3v) is 5.03. The SMILES string of the molecule is CCC(C)(C(NN)C1=CCCCC1)N1CCCC1. The van der Waals surface area contributed by atoms with Gasteiger partial charge in [0.25, 0.3) is 0 Å². The molecule has 1 heterocycles. The molecule has 2 aliphatic rings. The maximum absolute atomic E-state index is 5.92. The van der Waals surface area contributed by atoms with Crippen LogP contribution in [0.3, 0.4) is 0 Å². The van der Waals surface area contributed by atoms with E-state index in [-0.39, 0.29) is 5.54 Å². The van der Waals surface area contributed by atoms with Crippen LogP contribution in [0.15, 0.2) is 11.6 Å². The highest BCUT2D eigenvalue weighted by atomic mass is 15.3. The zero-order valence-electron chi connectivity index (χ0n) is 12.0. The van der Waals surface area contributed by atoms with E-state index in [0.717, 1.165) is 6.42 Å². The molecule has 0 aromatic carbocycles. The summed E-state index contributed by atoms with van der Waals surface area (Å²) in [6.07, 6.45) is 11.4. The first-order chi connectivity index (χ1) is 8.72. The Morgan fingerprint density at radius 1 is 1.33 bits per heavy atom. The van der Waals surface area contributed by atoms with Gasteiger partial charge in [-0.2, -0.15) is 0 Å². The Hall–Kier alpha value is -0.380. The number of nitrogens with two attached hydrogens (primary N) is 1. The number of rotatable bonds is 5. The zero-order valence-corrected chi connectivity index (χ0v) is 12.0. The molecule has 3 N–H and O–H groups in total. The summed E-state index contributed by atoms with van der Waals surface area (Å²) < 4.78 is 0. The number of nitrogens with one attached hydrogen (secondary N) is 1. The van der Waals surface area contributed by atoms with Crippen molar-refractivity contribution in [2.24, 2.45) is 5.84 Å². The number of hydrogen-bond donors (Lipinski definition) is 2. The van der Waals surface area contributed by atoms with Gasteiger partial charge < -0.3 is 0 Å². The van der Waals surface area contributed by atoms with Crippen LogP contribution in [-0.4, -0.2) is 29.6 Å². The van der Waals surface area contributed by atoms with Crippen molar-refractivity contribution in [1.29, 1.82) is 0 Å². The molecule has 1 aliphatic heterocycles. The lowest BCUT2D eigenvalue weighted by Crippen LogP contribution is -2.61. The Labute approximate surface area is 112 Å². The highest BCUT2D eigenvalue weighted by molar-refractivity contribution is 5.20. The minimum absolute atomic E-state index is 0.175. The van der Waals surface area contributed by atoms with Crippen molar-refractivity contribution in [3.63, 3.8) is 0 Å². The molecule has 1 aliphatic carbocycles. The van der Waals surface area contributed by atoms with Gasteiger partial charge in [0.2, 0.25) is 0 Å². The van der Waals surface area contributed by atoms with Crippen LogP contribution in [0.25, 0.3) is 0 Å². The van der Waals surface area contributed by atoms with Gasteiger partial charge in [-0.05, 0) is 65.0 Å². The van der Waals surface area contributed by atoms with Crippen molar-refractivity contribution in [3.8, 4) is 0 Å². The third-order valence-electron chi connectivity index (χ3n) is 5.03. The normalized spacial score (nSPS) is 26.7. The number of hydrazine groups is 1. The molecule has 2 atom stereocenters. The van der Waals surface area contributed by atoms with Gasteiger partial charge in [0.15, 0.2) is 0 Å². The second-order valence-electron chi connectivity index (χ2n) is 6.03. The van der Waals surface area contributed by atoms with E-state index in [9.17, 15) is 0 Å². The van der Waals surface area contributed by atoms with Crippen LogP contribution >= 0.6 is 0 Å². The molecule has 2 rings (SSSR count). The van der Waals surface area contributed by atoms with Crippen molar-refractivity contribution in [3.05, 3.63) is 11.6 Å². The van der Waals surface area contributed by atoms with Gasteiger partial charge in [0.1, 0.15) is 0 Å². The molecule has 0 saturated carbocycles. The Bertz CT molecular complexity index is 294. The fourth-order valence-electron chi connectivity index (χ4n) is 3.65. The van der Waals surface area contributed by atoms with Crippen LogP contribution in [-0.2, 0) is 0 Å². The molecule has 1 fully saturated rings. The summed E-state index contributed by atoms with van der Waals surface area (Å²) in [6, 6.07) is 0.320. The van der Waals surface area contributed by atoms with E-state index in [0.29, 0.717) is 6.04 Å². The van der Waals surface area contributed by atoms with E-state index in [2.05, 4.69) is 30.2 Å². The molecule has 1 saturated heterocycles. The monoisotopic (exact) mass is 251 g/mol. The molecular formula is C15H29N3. The summed E-state index contributed by atoms with van der Waals surface area (Å²) in [5, 5.41) is 0. The molecule has 0 aromatic rings. The summed E-state index contributed by atoms with van der Waals surface area (Å²) in [6.45, 7) is 7.15. The van der Waals surface area contributed by atoms with Gasteiger partial charge in [0.05, 0.1) is 6.04 Å². The van der Waals surface area contributed by atoms with Crippen molar-refractivity contribution in [2.45, 2.75) is 70.4 Å². The molecule has 3 heteroatoms. The maximum atomic E-state index is 5.92. The molecule has 0 radical (unpaired) electrons. The molecule has 0 spiro atoms. The molecule has 0 amide bonds. The van der Waals surface area contributed by atoms with Crippen molar-refractivity contribution >= 4 is 0 Å². The topological polar surface area (TPSA) is 41.3 Å². The lowest BCUT2D eigenvalue weighted by Gasteiger charge is -2.45. The first-order valence-electron chi connectivity index (χ1n) is 7.62. The van der Waals surface area contributed by atoms with Crippen LogP contribution in [0.2, 0.25) is 0 Å². The molecule has 3 nitrogen and oxygen atoms in total. The van der Waals surface area contributed by atoms with Gasteiger partial charge in [-0.1, -0.05) is 18.6 Å². The number of nitrogens with zero attached hydrogens (tertiary/aromatic N) is 1. The lowest BCUT2D eigenvalue weighted by atomic mass is 9.79. The highest BCUT2D eigenvalue weighted by Crippen LogP contribution is 2.34. The summed E-state index contributed by atoms with van der Waals surface area (Å²) in [7, 11) is 0. The predicted octanol–water partition coefficient (Wildman–Crippen LogP) is 2.58. The van der Waals surface area contributed by atoms with E-state index in [1.54, 1.807) is 5.57 Å². The van der Waals surface area contributed by atoms with Gasteiger partial charge in [-0.25, -0.2) is 0 Å². The Morgan fingerprint density at radius 2 is 2.06 bits per heavy atom. The number of likely N-dealkylation sites (tertiary alicyclic amines) is 1. The minimum Gasteiger partial charge on any atom is -0.296 e. The quantitative estimate of drug-likeness (QED) is 0.448. The second kappa shape index (κ2) is 6.18. The van der Waals surface area contributed by atoms with E-state index >= 15 is 0 Å². The standard InChI is InChI=1S/C15H29N3/c1-3-15(2,18-11-7-8-12-18)14(17-16)13-9-5-4-6-10-13/h9,14,17H,3-8,10-12,16H2,1-2H3. The first kappa shape index (κ1) is 14.0. The predicted molar refractivity (Wildman–Crippen MR) is 77.2 cm³/mol. The molecule has 104 valence electrons. The van der Waals surface area contributed by atoms with Crippen molar-refractivity contribution < 1.29 is 0 Å². The molecular weight excluding hydrogens is 222 g/mol.